The van der Waals surface area contributed by atoms with E-state index in [-0.39, 0.29) is 11.7 Å². The zero-order valence-corrected chi connectivity index (χ0v) is 16.4. The molecule has 1 aromatic heterocycles. The van der Waals surface area contributed by atoms with Crippen LogP contribution in [0, 0.1) is 5.92 Å². The van der Waals surface area contributed by atoms with Crippen molar-refractivity contribution in [3.05, 3.63) is 66.1 Å². The van der Waals surface area contributed by atoms with Gasteiger partial charge >= 0.3 is 6.18 Å². The van der Waals surface area contributed by atoms with E-state index in [1.165, 1.54) is 12.1 Å². The van der Waals surface area contributed by atoms with Crippen LogP contribution in [-0.2, 0) is 13.2 Å². The third-order valence-corrected chi connectivity index (χ3v) is 4.41. The number of alkyl halides is 3. The molecule has 0 saturated heterocycles. The normalized spacial score (nSPS) is 11.7. The minimum Gasteiger partial charge on any atom is -0.355 e. The lowest BCUT2D eigenvalue weighted by atomic mass is 9.98. The van der Waals surface area contributed by atoms with Gasteiger partial charge < -0.3 is 9.88 Å². The number of hydrogen-bond donors (Lipinski definition) is 1. The second-order valence-electron chi connectivity index (χ2n) is 7.41. The molecule has 0 bridgehead atoms. The number of carbonyl (C=O) groups excluding carboxylic acids is 1. The average Bonchev–Trinajstić information content (AvgIpc) is 3.07. The fourth-order valence-corrected chi connectivity index (χ4v) is 2.98. The van der Waals surface area contributed by atoms with E-state index in [1.807, 2.05) is 27.1 Å². The summed E-state index contributed by atoms with van der Waals surface area (Å²) in [6.45, 7) is 3.97. The Labute approximate surface area is 167 Å². The van der Waals surface area contributed by atoms with Gasteiger partial charge in [0.15, 0.2) is 5.78 Å². The van der Waals surface area contributed by atoms with E-state index < -0.39 is 11.7 Å². The molecule has 3 aromatic rings. The molecule has 0 radical (unpaired) electrons. The molecule has 1 heterocycles. The number of nitrogens with zero attached hydrogens (tertiary/aromatic N) is 2. The van der Waals surface area contributed by atoms with Crippen molar-refractivity contribution in [3.8, 4) is 11.3 Å². The van der Waals surface area contributed by atoms with E-state index >= 15 is 0 Å². The summed E-state index contributed by atoms with van der Waals surface area (Å²) < 4.78 is 40.1. The number of nitrogens with one attached hydrogen (secondary N) is 1. The summed E-state index contributed by atoms with van der Waals surface area (Å²) >= 11 is 0. The fraction of sp³-hybridized carbons (Fsp3) is 0.273. The third-order valence-electron chi connectivity index (χ3n) is 4.41. The Bertz CT molecular complexity index is 1000. The lowest BCUT2D eigenvalue weighted by molar-refractivity contribution is -0.137. The van der Waals surface area contributed by atoms with Gasteiger partial charge in [0, 0.05) is 42.2 Å². The first-order chi connectivity index (χ1) is 13.6. The van der Waals surface area contributed by atoms with Crippen molar-refractivity contribution in [2.45, 2.75) is 26.4 Å². The zero-order chi connectivity index (χ0) is 21.2. The molecule has 0 unspecified atom stereocenters. The number of rotatable bonds is 6. The molecule has 1 N–H and O–H groups in total. The van der Waals surface area contributed by atoms with Crippen LogP contribution in [0.1, 0.15) is 36.2 Å². The summed E-state index contributed by atoms with van der Waals surface area (Å²) in [5.74, 6) is 0.281. The molecule has 0 atom stereocenters. The Morgan fingerprint density at radius 1 is 1.14 bits per heavy atom. The monoisotopic (exact) mass is 401 g/mol. The van der Waals surface area contributed by atoms with Gasteiger partial charge in [0.25, 0.3) is 0 Å². The Kier molecular flexibility index (Phi) is 5.77. The third kappa shape index (κ3) is 5.04. The first-order valence-electron chi connectivity index (χ1n) is 9.23. The second-order valence-corrected chi connectivity index (χ2v) is 7.41. The molecule has 152 valence electrons. The quantitative estimate of drug-likeness (QED) is 0.509. The van der Waals surface area contributed by atoms with Crippen molar-refractivity contribution in [1.82, 2.24) is 9.55 Å². The van der Waals surface area contributed by atoms with Crippen LogP contribution in [0.25, 0.3) is 11.3 Å². The lowest BCUT2D eigenvalue weighted by Crippen LogP contribution is -2.05. The van der Waals surface area contributed by atoms with E-state index in [0.717, 1.165) is 12.1 Å². The van der Waals surface area contributed by atoms with E-state index in [1.54, 1.807) is 29.1 Å². The lowest BCUT2D eigenvalue weighted by Gasteiger charge is -2.14. The maximum absolute atomic E-state index is 12.8. The summed E-state index contributed by atoms with van der Waals surface area (Å²) in [5, 5.41) is 3.14. The van der Waals surface area contributed by atoms with Crippen LogP contribution in [0.2, 0.25) is 0 Å². The maximum atomic E-state index is 12.8. The van der Waals surface area contributed by atoms with Crippen molar-refractivity contribution >= 4 is 17.2 Å². The molecule has 29 heavy (non-hydrogen) atoms. The number of benzene rings is 2. The van der Waals surface area contributed by atoms with E-state index in [9.17, 15) is 18.0 Å². The van der Waals surface area contributed by atoms with Crippen LogP contribution in [0.15, 0.2) is 55.0 Å². The van der Waals surface area contributed by atoms with Gasteiger partial charge in [-0.25, -0.2) is 4.98 Å². The van der Waals surface area contributed by atoms with Crippen LogP contribution in [0.4, 0.5) is 24.5 Å². The minimum atomic E-state index is -4.38. The van der Waals surface area contributed by atoms with E-state index in [2.05, 4.69) is 10.3 Å². The highest BCUT2D eigenvalue weighted by molar-refractivity contribution is 5.98. The van der Waals surface area contributed by atoms with Crippen LogP contribution in [-0.4, -0.2) is 15.3 Å². The molecular weight excluding hydrogens is 379 g/mol. The Morgan fingerprint density at radius 3 is 2.38 bits per heavy atom. The van der Waals surface area contributed by atoms with Crippen LogP contribution in [0.3, 0.4) is 0 Å². The SMILES string of the molecule is CC(C)CC(=O)c1ccc(Nc2ccc(C(F)(F)F)cc2)c(-c2cn(C)cn2)c1. The van der Waals surface area contributed by atoms with Gasteiger partial charge in [0.05, 0.1) is 17.6 Å². The number of imidazole rings is 1. The molecule has 0 aliphatic rings. The molecule has 7 heteroatoms. The molecule has 2 aromatic carbocycles. The van der Waals surface area contributed by atoms with Crippen molar-refractivity contribution in [3.63, 3.8) is 0 Å². The Balaban J connectivity index is 1.96. The average molecular weight is 401 g/mol. The first kappa shape index (κ1) is 20.6. The Hall–Kier alpha value is -3.09. The van der Waals surface area contributed by atoms with Crippen molar-refractivity contribution in [2.24, 2.45) is 13.0 Å². The number of halogens is 3. The van der Waals surface area contributed by atoms with Gasteiger partial charge in [0.2, 0.25) is 0 Å². The number of aromatic nitrogens is 2. The summed E-state index contributed by atoms with van der Waals surface area (Å²) in [5.41, 5.74) is 2.42. The molecule has 0 aliphatic heterocycles. The molecule has 0 fully saturated rings. The maximum Gasteiger partial charge on any atom is 0.416 e. The van der Waals surface area contributed by atoms with Crippen molar-refractivity contribution in [1.29, 1.82) is 0 Å². The van der Waals surface area contributed by atoms with E-state index in [0.29, 0.717) is 34.6 Å². The van der Waals surface area contributed by atoms with Gasteiger partial charge in [-0.15, -0.1) is 0 Å². The minimum absolute atomic E-state index is 0.0401. The Morgan fingerprint density at radius 2 is 1.83 bits per heavy atom. The van der Waals surface area contributed by atoms with Gasteiger partial charge in [0.1, 0.15) is 0 Å². The van der Waals surface area contributed by atoms with Crippen molar-refractivity contribution in [2.75, 3.05) is 5.32 Å². The number of anilines is 2. The molecule has 4 nitrogen and oxygen atoms in total. The van der Waals surface area contributed by atoms with Gasteiger partial charge in [-0.05, 0) is 48.4 Å². The van der Waals surface area contributed by atoms with Gasteiger partial charge in [-0.2, -0.15) is 13.2 Å². The predicted molar refractivity (Wildman–Crippen MR) is 107 cm³/mol. The highest BCUT2D eigenvalue weighted by Gasteiger charge is 2.30. The number of carbonyl (C=O) groups is 1. The standard InChI is InChI=1S/C22H22F3N3O/c1-14(2)10-21(29)15-4-9-19(18(11-15)20-12-28(3)13-26-20)27-17-7-5-16(6-8-17)22(23,24)25/h4-9,11-14,27H,10H2,1-3H3. The summed E-state index contributed by atoms with van der Waals surface area (Å²) in [6.07, 6.45) is -0.465. The van der Waals surface area contributed by atoms with Crippen LogP contribution < -0.4 is 5.32 Å². The summed E-state index contributed by atoms with van der Waals surface area (Å²) in [7, 11) is 1.84. The summed E-state index contributed by atoms with van der Waals surface area (Å²) in [4.78, 5) is 16.9. The van der Waals surface area contributed by atoms with E-state index in [4.69, 9.17) is 0 Å². The number of aryl methyl sites for hydroxylation is 1. The number of ketones is 1. The van der Waals surface area contributed by atoms with Crippen LogP contribution >= 0.6 is 0 Å². The predicted octanol–water partition coefficient (Wildman–Crippen LogP) is 6.08. The topological polar surface area (TPSA) is 46.9 Å². The molecule has 0 saturated carbocycles. The van der Waals surface area contributed by atoms with Crippen molar-refractivity contribution < 1.29 is 18.0 Å². The van der Waals surface area contributed by atoms with Gasteiger partial charge in [-0.1, -0.05) is 13.8 Å². The van der Waals surface area contributed by atoms with Gasteiger partial charge in [-0.3, -0.25) is 4.79 Å². The summed E-state index contributed by atoms with van der Waals surface area (Å²) in [6, 6.07) is 10.1. The second kappa shape index (κ2) is 8.11. The highest BCUT2D eigenvalue weighted by Crippen LogP contribution is 2.33. The highest BCUT2D eigenvalue weighted by atomic mass is 19.4. The van der Waals surface area contributed by atoms with Crippen LogP contribution in [0.5, 0.6) is 0 Å². The zero-order valence-electron chi connectivity index (χ0n) is 16.4. The first-order valence-corrected chi connectivity index (χ1v) is 9.23. The fourth-order valence-electron chi connectivity index (χ4n) is 2.98. The number of hydrogen-bond acceptors (Lipinski definition) is 3. The largest absolute Gasteiger partial charge is 0.416 e. The number of Topliss-reactive ketones (excluding diaryl/α,β-unsaturated/α-hetero) is 1. The molecule has 3 rings (SSSR count). The molecular formula is C22H22F3N3O. The molecule has 0 amide bonds. The smallest absolute Gasteiger partial charge is 0.355 e. The molecule has 0 aliphatic carbocycles. The molecule has 0 spiro atoms.